The number of aromatic nitrogens is 3. The number of benzene rings is 2. The second kappa shape index (κ2) is 11.3. The Kier molecular flexibility index (Phi) is 7.36. The van der Waals surface area contributed by atoms with Crippen molar-refractivity contribution in [3.05, 3.63) is 105 Å². The van der Waals surface area contributed by atoms with Gasteiger partial charge in [0, 0.05) is 30.2 Å². The molecule has 0 spiro atoms. The van der Waals surface area contributed by atoms with E-state index >= 15 is 8.78 Å². The number of nitrogens with zero attached hydrogens (tertiary/aromatic N) is 4. The minimum Gasteiger partial charge on any atom is -0.477 e. The Bertz CT molecular complexity index is 1880. The minimum absolute atomic E-state index is 0.0199. The van der Waals surface area contributed by atoms with Gasteiger partial charge in [-0.3, -0.25) is 0 Å². The summed E-state index contributed by atoms with van der Waals surface area (Å²) < 4.78 is 57.9. The molecule has 12 heteroatoms. The summed E-state index contributed by atoms with van der Waals surface area (Å²) in [4.78, 5) is 24.1. The first-order valence-corrected chi connectivity index (χ1v) is 13.7. The van der Waals surface area contributed by atoms with E-state index in [2.05, 4.69) is 14.8 Å². The predicted molar refractivity (Wildman–Crippen MR) is 148 cm³/mol. The molecule has 0 saturated carbocycles. The van der Waals surface area contributed by atoms with E-state index in [1.165, 1.54) is 30.3 Å². The molecule has 1 unspecified atom stereocenters. The average Bonchev–Trinajstić information content (AvgIpc) is 3.50. The number of hydrogen-bond donors (Lipinski definition) is 1. The monoisotopic (exact) mass is 590 g/mol. The number of pyridine rings is 1. The molecule has 1 N–H and O–H groups in total. The summed E-state index contributed by atoms with van der Waals surface area (Å²) >= 11 is 1.02. The summed E-state index contributed by atoms with van der Waals surface area (Å²) in [6.07, 6.45) is 0.758. The molecule has 212 valence electrons. The smallest absolute Gasteiger partial charge is 0.346 e. The fourth-order valence-corrected chi connectivity index (χ4v) is 5.54. The van der Waals surface area contributed by atoms with Gasteiger partial charge < -0.3 is 19.1 Å². The number of thiophene rings is 1. The summed E-state index contributed by atoms with van der Waals surface area (Å²) in [5.74, 6) is -2.45. The Morgan fingerprint density at radius 3 is 2.62 bits per heavy atom. The van der Waals surface area contributed by atoms with Crippen LogP contribution in [0, 0.1) is 24.0 Å². The Labute approximate surface area is 241 Å². The van der Waals surface area contributed by atoms with Gasteiger partial charge in [0.2, 0.25) is 5.88 Å². The predicted octanol–water partition coefficient (Wildman–Crippen LogP) is 6.78. The molecule has 3 aromatic heterocycles. The van der Waals surface area contributed by atoms with E-state index in [1.54, 1.807) is 6.07 Å². The maximum Gasteiger partial charge on any atom is 0.346 e. The molecular weight excluding hydrogens is 569 g/mol. The van der Waals surface area contributed by atoms with Crippen molar-refractivity contribution in [2.45, 2.75) is 32.1 Å². The third-order valence-corrected chi connectivity index (χ3v) is 7.95. The Balaban J connectivity index is 1.24. The van der Waals surface area contributed by atoms with E-state index in [0.717, 1.165) is 36.0 Å². The van der Waals surface area contributed by atoms with Gasteiger partial charge in [-0.25, -0.2) is 32.8 Å². The van der Waals surface area contributed by atoms with E-state index < -0.39 is 23.4 Å². The summed E-state index contributed by atoms with van der Waals surface area (Å²) in [6, 6.07) is 12.3. The van der Waals surface area contributed by atoms with Crippen LogP contribution in [0.2, 0.25) is 0 Å². The van der Waals surface area contributed by atoms with Gasteiger partial charge in [-0.15, -0.1) is 11.3 Å². The van der Waals surface area contributed by atoms with Crippen molar-refractivity contribution in [1.82, 2.24) is 14.5 Å². The summed E-state index contributed by atoms with van der Waals surface area (Å²) in [6.45, 7) is 7.86. The van der Waals surface area contributed by atoms with Crippen LogP contribution < -0.4 is 4.74 Å². The SMILES string of the molecule is [C-]#[N+]c1ccc(COc2cccc(-c3cc(F)c(Cc4nc5sc(C(=O)O)cc5n4CC4CCO4)cc3F)n2)c(F)c1. The number of hydrogen-bond acceptors (Lipinski definition) is 6. The van der Waals surface area contributed by atoms with Crippen molar-refractivity contribution in [2.24, 2.45) is 0 Å². The highest BCUT2D eigenvalue weighted by Crippen LogP contribution is 2.31. The standard InChI is InChI=1S/C30H21F3N4O4S/c1-34-18-6-5-16(21(31)11-18)15-41-28-4-2-3-24(35-28)20-12-22(32)17(9-23(20)33)10-27-36-29-25(13-26(42-29)30(38)39)37(27)14-19-7-8-40-19/h2-6,9,11-13,19H,7-8,10,14-15H2,(H,38,39). The normalized spacial score (nSPS) is 14.5. The number of imidazole rings is 1. The third kappa shape index (κ3) is 5.44. The van der Waals surface area contributed by atoms with Crippen molar-refractivity contribution in [3.8, 4) is 17.1 Å². The first-order chi connectivity index (χ1) is 20.3. The molecule has 1 aliphatic rings. The van der Waals surface area contributed by atoms with Crippen LogP contribution in [0.1, 0.15) is 33.0 Å². The molecule has 8 nitrogen and oxygen atoms in total. The molecule has 5 aromatic rings. The molecule has 0 amide bonds. The van der Waals surface area contributed by atoms with E-state index in [0.29, 0.717) is 29.3 Å². The molecule has 42 heavy (non-hydrogen) atoms. The van der Waals surface area contributed by atoms with Gasteiger partial charge in [0.05, 0.1) is 30.4 Å². The fraction of sp³-hybridized carbons (Fsp3) is 0.200. The number of carboxylic acids is 1. The van der Waals surface area contributed by atoms with Crippen LogP contribution >= 0.6 is 11.3 Å². The molecule has 1 fully saturated rings. The lowest BCUT2D eigenvalue weighted by atomic mass is 10.0. The number of carboxylic acid groups (broad SMARTS) is 1. The third-order valence-electron chi connectivity index (χ3n) is 6.94. The highest BCUT2D eigenvalue weighted by Gasteiger charge is 2.25. The van der Waals surface area contributed by atoms with Gasteiger partial charge in [0.25, 0.3) is 0 Å². The van der Waals surface area contributed by atoms with Gasteiger partial charge in [-0.2, -0.15) is 0 Å². The number of rotatable bonds is 9. The van der Waals surface area contributed by atoms with Gasteiger partial charge in [0.1, 0.15) is 39.6 Å². The first kappa shape index (κ1) is 27.4. The van der Waals surface area contributed by atoms with Crippen LogP contribution in [0.25, 0.3) is 26.4 Å². The fourth-order valence-electron chi connectivity index (χ4n) is 4.65. The summed E-state index contributed by atoms with van der Waals surface area (Å²) in [5, 5.41) is 9.37. The van der Waals surface area contributed by atoms with E-state index in [4.69, 9.17) is 16.0 Å². The van der Waals surface area contributed by atoms with Crippen molar-refractivity contribution < 1.29 is 32.5 Å². The van der Waals surface area contributed by atoms with E-state index in [-0.39, 0.29) is 58.0 Å². The average molecular weight is 591 g/mol. The zero-order chi connectivity index (χ0) is 29.4. The van der Waals surface area contributed by atoms with Crippen LogP contribution in [-0.2, 0) is 24.3 Å². The van der Waals surface area contributed by atoms with Crippen LogP contribution in [0.4, 0.5) is 18.9 Å². The van der Waals surface area contributed by atoms with Crippen molar-refractivity contribution in [2.75, 3.05) is 6.61 Å². The van der Waals surface area contributed by atoms with Gasteiger partial charge in [-0.05, 0) is 42.3 Å². The quantitative estimate of drug-likeness (QED) is 0.190. The summed E-state index contributed by atoms with van der Waals surface area (Å²) in [7, 11) is 0. The minimum atomic E-state index is -1.06. The van der Waals surface area contributed by atoms with Gasteiger partial charge >= 0.3 is 5.97 Å². The van der Waals surface area contributed by atoms with Crippen molar-refractivity contribution in [1.29, 1.82) is 0 Å². The highest BCUT2D eigenvalue weighted by atomic mass is 32.1. The van der Waals surface area contributed by atoms with Crippen molar-refractivity contribution in [3.63, 3.8) is 0 Å². The Morgan fingerprint density at radius 2 is 1.90 bits per heavy atom. The molecule has 6 rings (SSSR count). The Morgan fingerprint density at radius 1 is 1.10 bits per heavy atom. The molecule has 1 atom stereocenters. The Hall–Kier alpha value is -4.73. The molecular formula is C30H21F3N4O4S. The molecule has 4 heterocycles. The number of halogens is 3. The molecule has 0 bridgehead atoms. The molecule has 0 radical (unpaired) electrons. The lowest BCUT2D eigenvalue weighted by molar-refractivity contribution is -0.0589. The molecule has 1 aliphatic heterocycles. The number of ether oxygens (including phenoxy) is 2. The van der Waals surface area contributed by atoms with Gasteiger partial charge in [0.15, 0.2) is 5.69 Å². The zero-order valence-corrected chi connectivity index (χ0v) is 22.6. The number of aromatic carboxylic acids is 1. The van der Waals surface area contributed by atoms with Crippen LogP contribution in [0.5, 0.6) is 5.88 Å². The van der Waals surface area contributed by atoms with Crippen LogP contribution in [0.15, 0.2) is 54.6 Å². The largest absolute Gasteiger partial charge is 0.477 e. The second-order valence-corrected chi connectivity index (χ2v) is 10.7. The first-order valence-electron chi connectivity index (χ1n) is 12.9. The molecule has 0 aliphatic carbocycles. The van der Waals surface area contributed by atoms with Crippen LogP contribution in [-0.4, -0.2) is 38.3 Å². The lowest BCUT2D eigenvalue weighted by Crippen LogP contribution is -2.31. The van der Waals surface area contributed by atoms with Crippen molar-refractivity contribution >= 4 is 33.3 Å². The lowest BCUT2D eigenvalue weighted by Gasteiger charge is -2.27. The maximum atomic E-state index is 15.4. The highest BCUT2D eigenvalue weighted by molar-refractivity contribution is 7.20. The maximum absolute atomic E-state index is 15.4. The van der Waals surface area contributed by atoms with E-state index in [9.17, 15) is 14.3 Å². The van der Waals surface area contributed by atoms with E-state index in [1.807, 2.05) is 4.57 Å². The number of carbonyl (C=O) groups is 1. The molecule has 2 aromatic carbocycles. The molecule has 1 saturated heterocycles. The zero-order valence-electron chi connectivity index (χ0n) is 21.8. The second-order valence-electron chi connectivity index (χ2n) is 9.66. The number of fused-ring (bicyclic) bond motifs is 1. The summed E-state index contributed by atoms with van der Waals surface area (Å²) in [5.41, 5.74) is 1.13. The van der Waals surface area contributed by atoms with Gasteiger partial charge in [-0.1, -0.05) is 18.2 Å². The van der Waals surface area contributed by atoms with Crippen LogP contribution in [0.3, 0.4) is 0 Å². The topological polar surface area (TPSA) is 90.8 Å².